The van der Waals surface area contributed by atoms with Crippen molar-refractivity contribution in [2.75, 3.05) is 6.61 Å². The lowest BCUT2D eigenvalue weighted by Crippen LogP contribution is -2.65. The van der Waals surface area contributed by atoms with Gasteiger partial charge in [-0.05, 0) is 73.1 Å². The zero-order valence-corrected chi connectivity index (χ0v) is 22.5. The first-order chi connectivity index (χ1) is 17.3. The number of allylic oxidation sites excluding steroid dienone is 1. The van der Waals surface area contributed by atoms with Crippen LogP contribution in [0.5, 0.6) is 0 Å². The molecule has 4 aliphatic carbocycles. The Morgan fingerprint density at radius 3 is 2.46 bits per heavy atom. The number of aliphatic hydroxyl groups is 3. The molecule has 6 heteroatoms. The molecule has 0 aromatic heterocycles. The van der Waals surface area contributed by atoms with Crippen molar-refractivity contribution in [2.45, 2.75) is 65.8 Å². The van der Waals surface area contributed by atoms with E-state index in [4.69, 9.17) is 4.74 Å². The third-order valence-corrected chi connectivity index (χ3v) is 9.90. The summed E-state index contributed by atoms with van der Waals surface area (Å²) in [6.07, 6.45) is 3.05. The van der Waals surface area contributed by atoms with Crippen LogP contribution in [-0.2, 0) is 14.3 Å². The summed E-state index contributed by atoms with van der Waals surface area (Å²) in [5, 5.41) is 34.3. The van der Waals surface area contributed by atoms with Gasteiger partial charge in [-0.25, -0.2) is 4.79 Å². The molecule has 198 valence electrons. The van der Waals surface area contributed by atoms with Gasteiger partial charge in [0.25, 0.3) is 0 Å². The molecule has 0 heterocycles. The molecule has 2 bridgehead atoms. The van der Waals surface area contributed by atoms with Gasteiger partial charge >= 0.3 is 5.97 Å². The number of ketones is 1. The van der Waals surface area contributed by atoms with Crippen LogP contribution in [0.2, 0.25) is 0 Å². The second-order valence-electron chi connectivity index (χ2n) is 12.4. The van der Waals surface area contributed by atoms with Crippen LogP contribution in [0.1, 0.15) is 52.2 Å². The van der Waals surface area contributed by atoms with Gasteiger partial charge in [-0.15, -0.1) is 0 Å². The van der Waals surface area contributed by atoms with Crippen molar-refractivity contribution >= 4 is 17.8 Å². The minimum absolute atomic E-state index is 0.0399. The first kappa shape index (κ1) is 26.1. The highest BCUT2D eigenvalue weighted by Gasteiger charge is 2.76. The summed E-state index contributed by atoms with van der Waals surface area (Å²) in [7, 11) is 0. The number of carbonyl (C=O) groups is 2. The molecule has 3 N–H and O–H groups in total. The second kappa shape index (κ2) is 8.48. The van der Waals surface area contributed by atoms with Gasteiger partial charge in [0.15, 0.2) is 17.5 Å². The summed E-state index contributed by atoms with van der Waals surface area (Å²) in [5.74, 6) is -1.25. The number of carbonyl (C=O) groups excluding carboxylic acids is 2. The lowest BCUT2D eigenvalue weighted by Gasteiger charge is -2.48. The summed E-state index contributed by atoms with van der Waals surface area (Å²) in [6.45, 7) is 11.1. The Balaban J connectivity index is 1.56. The fourth-order valence-corrected chi connectivity index (χ4v) is 7.77. The largest absolute Gasteiger partial charge is 0.451 e. The van der Waals surface area contributed by atoms with Crippen molar-refractivity contribution in [3.05, 3.63) is 64.3 Å². The summed E-state index contributed by atoms with van der Waals surface area (Å²) in [5.41, 5.74) is -0.583. The van der Waals surface area contributed by atoms with Crippen LogP contribution in [0.25, 0.3) is 6.08 Å². The van der Waals surface area contributed by atoms with Crippen molar-refractivity contribution in [3.8, 4) is 0 Å². The molecule has 0 amide bonds. The van der Waals surface area contributed by atoms with Crippen LogP contribution >= 0.6 is 0 Å². The van der Waals surface area contributed by atoms with Gasteiger partial charge in [0, 0.05) is 11.5 Å². The smallest absolute Gasteiger partial charge is 0.334 e. The standard InChI is InChI=1S/C31H38O6/c1-16-7-9-20(10-8-16)11-17(2)28(35)37-27-18(3)14-30-19(4)12-23-24(29(23,5)6)22(26(30)34)13-21(15-32)25(33)31(27,30)36/h7-11,13-14,19,22-25,27,32-33,36H,12,15H2,1-6H3/b17-11-/t19-,22+,23-,24+,25-,27+,30+,31+/m1/s1. The van der Waals surface area contributed by atoms with E-state index in [9.17, 15) is 24.9 Å². The molecule has 1 spiro atoms. The maximum absolute atomic E-state index is 14.4. The van der Waals surface area contributed by atoms with Crippen LogP contribution in [0.15, 0.2) is 53.1 Å². The number of aryl methyl sites for hydroxylation is 1. The minimum Gasteiger partial charge on any atom is -0.451 e. The number of hydrogen-bond acceptors (Lipinski definition) is 6. The molecule has 2 fully saturated rings. The van der Waals surface area contributed by atoms with Gasteiger partial charge in [0.05, 0.1) is 12.0 Å². The number of fused-ring (bicyclic) bond motifs is 3. The van der Waals surface area contributed by atoms with Gasteiger partial charge in [0.2, 0.25) is 0 Å². The molecular formula is C31H38O6. The molecule has 0 unspecified atom stereocenters. The predicted octanol–water partition coefficient (Wildman–Crippen LogP) is 3.78. The van der Waals surface area contributed by atoms with Crippen molar-refractivity contribution in [1.82, 2.24) is 0 Å². The SMILES string of the molecule is CC1=C[C@]23C(=O)[C@@H](C=C(CO)[C@@H](O)[C@]2(O)[C@H]1OC(=O)/C(C)=C\c1ccc(C)cc1)[C@H]1[C@@H](C[C@H]3C)C1(C)C. The van der Waals surface area contributed by atoms with E-state index in [1.54, 1.807) is 32.1 Å². The van der Waals surface area contributed by atoms with E-state index < -0.39 is 41.7 Å². The average Bonchev–Trinajstić information content (AvgIpc) is 3.34. The molecule has 0 aliphatic heterocycles. The van der Waals surface area contributed by atoms with Crippen LogP contribution in [0.3, 0.4) is 0 Å². The molecule has 4 aliphatic rings. The molecule has 1 aromatic carbocycles. The highest BCUT2D eigenvalue weighted by atomic mass is 16.6. The van der Waals surface area contributed by atoms with Gasteiger partial charge in [-0.2, -0.15) is 0 Å². The molecule has 0 radical (unpaired) electrons. The molecule has 0 saturated heterocycles. The molecule has 1 aromatic rings. The van der Waals surface area contributed by atoms with E-state index in [0.29, 0.717) is 23.5 Å². The van der Waals surface area contributed by atoms with Crippen molar-refractivity contribution in [2.24, 2.45) is 34.5 Å². The van der Waals surface area contributed by atoms with Crippen molar-refractivity contribution in [3.63, 3.8) is 0 Å². The lowest BCUT2D eigenvalue weighted by atomic mass is 9.59. The zero-order chi connectivity index (χ0) is 27.1. The van der Waals surface area contributed by atoms with Gasteiger partial charge < -0.3 is 20.1 Å². The number of Topliss-reactive ketones (excluding diaryl/α,β-unsaturated/α-hetero) is 1. The van der Waals surface area contributed by atoms with Crippen LogP contribution in [0, 0.1) is 41.4 Å². The van der Waals surface area contributed by atoms with E-state index in [2.05, 4.69) is 13.8 Å². The normalized spacial score (nSPS) is 40.0. The number of rotatable bonds is 4. The van der Waals surface area contributed by atoms with Crippen LogP contribution in [0.4, 0.5) is 0 Å². The molecule has 5 rings (SSSR count). The third-order valence-electron chi connectivity index (χ3n) is 9.90. The second-order valence-corrected chi connectivity index (χ2v) is 12.4. The van der Waals surface area contributed by atoms with Crippen molar-refractivity contribution in [1.29, 1.82) is 0 Å². The van der Waals surface area contributed by atoms with E-state index in [0.717, 1.165) is 11.1 Å². The Labute approximate surface area is 218 Å². The number of benzene rings is 1. The number of aliphatic hydroxyl groups excluding tert-OH is 2. The van der Waals surface area contributed by atoms with Crippen molar-refractivity contribution < 1.29 is 29.6 Å². The Kier molecular flexibility index (Phi) is 5.98. The third kappa shape index (κ3) is 3.49. The average molecular weight is 507 g/mol. The Bertz CT molecular complexity index is 1240. The highest BCUT2D eigenvalue weighted by molar-refractivity contribution is 5.96. The zero-order valence-electron chi connectivity index (χ0n) is 22.5. The summed E-state index contributed by atoms with van der Waals surface area (Å²) in [6, 6.07) is 7.71. The fraction of sp³-hybridized carbons (Fsp3) is 0.548. The Hall–Kier alpha value is -2.54. The van der Waals surface area contributed by atoms with Gasteiger partial charge in [-0.1, -0.05) is 62.8 Å². The fourth-order valence-electron chi connectivity index (χ4n) is 7.77. The molecule has 8 atom stereocenters. The lowest BCUT2D eigenvalue weighted by molar-refractivity contribution is -0.201. The highest BCUT2D eigenvalue weighted by Crippen LogP contribution is 2.71. The van der Waals surface area contributed by atoms with Gasteiger partial charge in [0.1, 0.15) is 6.10 Å². The topological polar surface area (TPSA) is 104 Å². The van der Waals surface area contributed by atoms with Crippen LogP contribution < -0.4 is 0 Å². The van der Waals surface area contributed by atoms with Crippen LogP contribution in [-0.4, -0.2) is 51.5 Å². The summed E-state index contributed by atoms with van der Waals surface area (Å²) < 4.78 is 5.93. The number of ether oxygens (including phenoxy) is 1. The summed E-state index contributed by atoms with van der Waals surface area (Å²) in [4.78, 5) is 27.6. The Morgan fingerprint density at radius 2 is 1.84 bits per heavy atom. The number of hydrogen-bond donors (Lipinski definition) is 3. The van der Waals surface area contributed by atoms with Gasteiger partial charge in [-0.3, -0.25) is 4.79 Å². The predicted molar refractivity (Wildman–Crippen MR) is 140 cm³/mol. The first-order valence-corrected chi connectivity index (χ1v) is 13.2. The van der Waals surface area contributed by atoms with E-state index in [1.165, 1.54) is 0 Å². The minimum atomic E-state index is -2.13. The molecule has 2 saturated carbocycles. The molecular weight excluding hydrogens is 468 g/mol. The quantitative estimate of drug-likeness (QED) is 0.326. The monoisotopic (exact) mass is 506 g/mol. The molecule has 6 nitrogen and oxygen atoms in total. The van der Waals surface area contributed by atoms with E-state index >= 15 is 0 Å². The molecule has 37 heavy (non-hydrogen) atoms. The maximum Gasteiger partial charge on any atom is 0.334 e. The summed E-state index contributed by atoms with van der Waals surface area (Å²) >= 11 is 0. The van der Waals surface area contributed by atoms with E-state index in [1.807, 2.05) is 38.1 Å². The Morgan fingerprint density at radius 1 is 1.19 bits per heavy atom. The van der Waals surface area contributed by atoms with E-state index in [-0.39, 0.29) is 28.6 Å². The first-order valence-electron chi connectivity index (χ1n) is 13.2. The number of esters is 1. The maximum atomic E-state index is 14.4.